The van der Waals surface area contributed by atoms with Crippen molar-refractivity contribution in [2.24, 2.45) is 0 Å². The van der Waals surface area contributed by atoms with Crippen LogP contribution in [0.15, 0.2) is 78.4 Å². The maximum absolute atomic E-state index is 13.3. The number of nitro groups is 1. The molecule has 0 saturated heterocycles. The maximum atomic E-state index is 13.3. The molecule has 3 aromatic rings. The van der Waals surface area contributed by atoms with E-state index < -0.39 is 39.5 Å². The first-order valence-corrected chi connectivity index (χ1v) is 9.73. The predicted octanol–water partition coefficient (Wildman–Crippen LogP) is 5.74. The summed E-state index contributed by atoms with van der Waals surface area (Å²) in [6, 6.07) is 19.4. The molecule has 1 amide bonds. The molecule has 0 spiro atoms. The second-order valence-corrected chi connectivity index (χ2v) is 6.96. The second kappa shape index (κ2) is 10.3. The summed E-state index contributed by atoms with van der Waals surface area (Å²) in [6.45, 7) is 0.292. The first-order chi connectivity index (χ1) is 16.2. The Bertz CT molecular complexity index is 1280. The lowest BCUT2D eigenvalue weighted by molar-refractivity contribution is -0.385. The van der Waals surface area contributed by atoms with Gasteiger partial charge >= 0.3 is 6.18 Å². The molecule has 172 valence electrons. The van der Waals surface area contributed by atoms with Crippen LogP contribution in [-0.4, -0.2) is 10.8 Å². The number of hydrogen-bond acceptors (Lipinski definition) is 5. The van der Waals surface area contributed by atoms with Gasteiger partial charge in [-0.15, -0.1) is 0 Å². The Morgan fingerprint density at radius 2 is 1.82 bits per heavy atom. The Morgan fingerprint density at radius 1 is 1.09 bits per heavy atom. The Balaban J connectivity index is 1.81. The number of ether oxygens (including phenoxy) is 1. The average molecular weight is 467 g/mol. The molecule has 0 aromatic heterocycles. The summed E-state index contributed by atoms with van der Waals surface area (Å²) in [7, 11) is 0. The Morgan fingerprint density at radius 3 is 2.47 bits per heavy atom. The summed E-state index contributed by atoms with van der Waals surface area (Å²) in [4.78, 5) is 22.3. The van der Waals surface area contributed by atoms with E-state index in [0.717, 1.165) is 17.7 Å². The van der Waals surface area contributed by atoms with Gasteiger partial charge in [0, 0.05) is 12.1 Å². The van der Waals surface area contributed by atoms with Crippen molar-refractivity contribution in [3.8, 4) is 11.8 Å². The van der Waals surface area contributed by atoms with Crippen LogP contribution in [-0.2, 0) is 17.6 Å². The van der Waals surface area contributed by atoms with Gasteiger partial charge in [-0.2, -0.15) is 18.4 Å². The summed E-state index contributed by atoms with van der Waals surface area (Å²) >= 11 is 0. The fraction of sp³-hybridized carbons (Fsp3) is 0.0833. The number of carbonyl (C=O) groups is 1. The van der Waals surface area contributed by atoms with Crippen molar-refractivity contribution in [2.75, 3.05) is 5.32 Å². The van der Waals surface area contributed by atoms with Crippen LogP contribution >= 0.6 is 0 Å². The van der Waals surface area contributed by atoms with E-state index in [1.54, 1.807) is 30.3 Å². The number of non-ortho nitro benzene ring substituents is 1. The van der Waals surface area contributed by atoms with Crippen LogP contribution in [0.2, 0.25) is 0 Å². The molecule has 10 heteroatoms. The summed E-state index contributed by atoms with van der Waals surface area (Å²) < 4.78 is 45.7. The summed E-state index contributed by atoms with van der Waals surface area (Å²) in [5.74, 6) is -0.637. The van der Waals surface area contributed by atoms with E-state index in [1.165, 1.54) is 6.08 Å². The summed E-state index contributed by atoms with van der Waals surface area (Å²) in [5.41, 5.74) is -2.01. The highest BCUT2D eigenvalue weighted by Crippen LogP contribution is 2.37. The van der Waals surface area contributed by atoms with Crippen LogP contribution in [0.5, 0.6) is 5.75 Å². The lowest BCUT2D eigenvalue weighted by Crippen LogP contribution is -2.18. The van der Waals surface area contributed by atoms with Crippen molar-refractivity contribution in [1.29, 1.82) is 5.26 Å². The van der Waals surface area contributed by atoms with E-state index in [4.69, 9.17) is 4.74 Å². The number of carbonyl (C=O) groups excluding carboxylic acids is 1. The molecule has 0 aliphatic heterocycles. The molecule has 0 aliphatic rings. The molecule has 0 atom stereocenters. The highest BCUT2D eigenvalue weighted by molar-refractivity contribution is 6.10. The van der Waals surface area contributed by atoms with Crippen molar-refractivity contribution >= 4 is 23.4 Å². The van der Waals surface area contributed by atoms with Crippen molar-refractivity contribution in [3.05, 3.63) is 105 Å². The molecule has 0 fully saturated rings. The largest absolute Gasteiger partial charge is 0.489 e. The number of nitrogens with one attached hydrogen (secondary N) is 1. The normalized spacial score (nSPS) is 11.4. The number of benzene rings is 3. The molecular weight excluding hydrogens is 451 g/mol. The van der Waals surface area contributed by atoms with Crippen LogP contribution in [0.3, 0.4) is 0 Å². The zero-order valence-corrected chi connectivity index (χ0v) is 17.4. The van der Waals surface area contributed by atoms with Gasteiger partial charge in [0.25, 0.3) is 11.6 Å². The minimum atomic E-state index is -4.96. The van der Waals surface area contributed by atoms with Crippen LogP contribution < -0.4 is 10.1 Å². The van der Waals surface area contributed by atoms with E-state index >= 15 is 0 Å². The zero-order chi connectivity index (χ0) is 24.7. The Kier molecular flexibility index (Phi) is 7.28. The third kappa shape index (κ3) is 6.20. The van der Waals surface area contributed by atoms with Gasteiger partial charge in [-0.1, -0.05) is 42.5 Å². The number of alkyl halides is 3. The van der Waals surface area contributed by atoms with Gasteiger partial charge in [-0.3, -0.25) is 14.9 Å². The highest BCUT2D eigenvalue weighted by Gasteiger charge is 2.35. The molecule has 0 aliphatic carbocycles. The summed E-state index contributed by atoms with van der Waals surface area (Å²) in [6.07, 6.45) is -3.76. The first kappa shape index (κ1) is 24.0. The van der Waals surface area contributed by atoms with E-state index in [0.29, 0.717) is 24.0 Å². The number of anilines is 1. The van der Waals surface area contributed by atoms with Gasteiger partial charge in [0.1, 0.15) is 24.0 Å². The maximum Gasteiger partial charge on any atom is 0.418 e. The SMILES string of the molecule is N#CC(=Cc1cccc(OCc2ccccc2)c1)C(=O)Nc1ccc([N+](=O)[O-])cc1C(F)(F)F. The average Bonchev–Trinajstić information content (AvgIpc) is 2.81. The minimum absolute atomic E-state index is 0.292. The van der Waals surface area contributed by atoms with Crippen LogP contribution in [0.4, 0.5) is 24.5 Å². The quantitative estimate of drug-likeness (QED) is 0.207. The smallest absolute Gasteiger partial charge is 0.418 e. The van der Waals surface area contributed by atoms with Crippen molar-refractivity contribution < 1.29 is 27.6 Å². The molecule has 0 heterocycles. The number of hydrogen-bond donors (Lipinski definition) is 1. The zero-order valence-electron chi connectivity index (χ0n) is 17.4. The van der Waals surface area contributed by atoms with Gasteiger partial charge in [0.05, 0.1) is 16.2 Å². The molecule has 34 heavy (non-hydrogen) atoms. The van der Waals surface area contributed by atoms with Crippen LogP contribution in [0.1, 0.15) is 16.7 Å². The van der Waals surface area contributed by atoms with Gasteiger partial charge in [-0.25, -0.2) is 0 Å². The lowest BCUT2D eigenvalue weighted by atomic mass is 10.1. The predicted molar refractivity (Wildman–Crippen MR) is 118 cm³/mol. The number of amides is 1. The molecular formula is C24H16F3N3O4. The topological polar surface area (TPSA) is 105 Å². The third-order valence-electron chi connectivity index (χ3n) is 4.55. The van der Waals surface area contributed by atoms with Gasteiger partial charge < -0.3 is 10.1 Å². The first-order valence-electron chi connectivity index (χ1n) is 9.73. The van der Waals surface area contributed by atoms with Crippen LogP contribution in [0.25, 0.3) is 6.08 Å². The fourth-order valence-corrected chi connectivity index (χ4v) is 2.93. The van der Waals surface area contributed by atoms with Crippen molar-refractivity contribution in [3.63, 3.8) is 0 Å². The van der Waals surface area contributed by atoms with Crippen LogP contribution in [0, 0.1) is 21.4 Å². The van der Waals surface area contributed by atoms with E-state index in [2.05, 4.69) is 0 Å². The molecule has 0 bridgehead atoms. The fourth-order valence-electron chi connectivity index (χ4n) is 2.93. The Hall–Kier alpha value is -4.65. The highest BCUT2D eigenvalue weighted by atomic mass is 19.4. The lowest BCUT2D eigenvalue weighted by Gasteiger charge is -2.13. The number of rotatable bonds is 7. The molecule has 1 N–H and O–H groups in total. The second-order valence-electron chi connectivity index (χ2n) is 6.96. The van der Waals surface area contributed by atoms with E-state index in [9.17, 15) is 33.3 Å². The monoisotopic (exact) mass is 467 g/mol. The van der Waals surface area contributed by atoms with Crippen molar-refractivity contribution in [1.82, 2.24) is 0 Å². The minimum Gasteiger partial charge on any atom is -0.489 e. The van der Waals surface area contributed by atoms with E-state index in [-0.39, 0.29) is 0 Å². The van der Waals surface area contributed by atoms with Gasteiger partial charge in [0.15, 0.2) is 0 Å². The number of nitrogens with zero attached hydrogens (tertiary/aromatic N) is 2. The molecule has 3 aromatic carbocycles. The van der Waals surface area contributed by atoms with Gasteiger partial charge in [-0.05, 0) is 35.4 Å². The standard InChI is InChI=1S/C24H16F3N3O4/c25-24(26,27)21-13-19(30(32)33)9-10-22(21)29-23(31)18(14-28)11-17-7-4-8-20(12-17)34-15-16-5-2-1-3-6-16/h1-13H,15H2,(H,29,31). The molecule has 3 rings (SSSR count). The molecule has 0 radical (unpaired) electrons. The number of halogens is 3. The Labute approximate surface area is 191 Å². The van der Waals surface area contributed by atoms with Gasteiger partial charge in [0.2, 0.25) is 0 Å². The third-order valence-corrected chi connectivity index (χ3v) is 4.55. The van der Waals surface area contributed by atoms with E-state index in [1.807, 2.05) is 35.6 Å². The molecule has 7 nitrogen and oxygen atoms in total. The van der Waals surface area contributed by atoms with Crippen molar-refractivity contribution in [2.45, 2.75) is 12.8 Å². The molecule has 0 unspecified atom stereocenters. The number of nitro benzene ring substituents is 1. The number of nitriles is 1. The summed E-state index contributed by atoms with van der Waals surface area (Å²) in [5, 5.41) is 22.2. The molecule has 0 saturated carbocycles.